The molecule has 1 aromatic carbocycles. The Labute approximate surface area is 112 Å². The SMILES string of the molecule is COCc1cccc(Oc2c(CN)c(C)nn2C)c1. The number of ether oxygens (including phenoxy) is 2. The summed E-state index contributed by atoms with van der Waals surface area (Å²) in [5, 5.41) is 4.32. The van der Waals surface area contributed by atoms with E-state index >= 15 is 0 Å². The van der Waals surface area contributed by atoms with Crippen LogP contribution in [0, 0.1) is 6.92 Å². The number of nitrogens with zero attached hydrogens (tertiary/aromatic N) is 2. The fraction of sp³-hybridized carbons (Fsp3) is 0.357. The van der Waals surface area contributed by atoms with Crippen molar-refractivity contribution in [2.75, 3.05) is 7.11 Å². The summed E-state index contributed by atoms with van der Waals surface area (Å²) < 4.78 is 12.7. The minimum absolute atomic E-state index is 0.409. The van der Waals surface area contributed by atoms with Crippen LogP contribution in [0.3, 0.4) is 0 Å². The van der Waals surface area contributed by atoms with Crippen molar-refractivity contribution in [1.82, 2.24) is 9.78 Å². The molecule has 0 atom stereocenters. The second kappa shape index (κ2) is 5.86. The molecule has 0 bridgehead atoms. The molecule has 2 aromatic rings. The van der Waals surface area contributed by atoms with Crippen LogP contribution in [0.1, 0.15) is 16.8 Å². The van der Waals surface area contributed by atoms with Gasteiger partial charge in [-0.1, -0.05) is 12.1 Å². The van der Waals surface area contributed by atoms with Gasteiger partial charge in [0.1, 0.15) is 5.75 Å². The Morgan fingerprint density at radius 1 is 1.37 bits per heavy atom. The molecule has 0 aliphatic rings. The Kier molecular flexibility index (Phi) is 4.19. The first-order valence-electron chi connectivity index (χ1n) is 6.14. The fourth-order valence-corrected chi connectivity index (χ4v) is 2.02. The van der Waals surface area contributed by atoms with Crippen LogP contribution in [0.25, 0.3) is 0 Å². The minimum Gasteiger partial charge on any atom is -0.439 e. The Hall–Kier alpha value is -1.85. The second-order valence-electron chi connectivity index (χ2n) is 4.38. The van der Waals surface area contributed by atoms with Crippen molar-refractivity contribution in [3.63, 3.8) is 0 Å². The average Bonchev–Trinajstić information content (AvgIpc) is 2.65. The van der Waals surface area contributed by atoms with Crippen molar-refractivity contribution in [2.45, 2.75) is 20.1 Å². The molecule has 0 aliphatic heterocycles. The molecule has 0 radical (unpaired) electrons. The number of aromatic nitrogens is 2. The molecule has 19 heavy (non-hydrogen) atoms. The summed E-state index contributed by atoms with van der Waals surface area (Å²) in [6.07, 6.45) is 0. The maximum absolute atomic E-state index is 5.90. The van der Waals surface area contributed by atoms with E-state index < -0.39 is 0 Å². The highest BCUT2D eigenvalue weighted by molar-refractivity contribution is 5.37. The Morgan fingerprint density at radius 3 is 2.84 bits per heavy atom. The van der Waals surface area contributed by atoms with E-state index in [1.54, 1.807) is 11.8 Å². The number of benzene rings is 1. The summed E-state index contributed by atoms with van der Waals surface area (Å²) in [4.78, 5) is 0. The van der Waals surface area contributed by atoms with Gasteiger partial charge in [0.25, 0.3) is 0 Å². The van der Waals surface area contributed by atoms with Crippen LogP contribution in [-0.4, -0.2) is 16.9 Å². The van der Waals surface area contributed by atoms with Crippen molar-refractivity contribution in [2.24, 2.45) is 12.8 Å². The van der Waals surface area contributed by atoms with Gasteiger partial charge < -0.3 is 15.2 Å². The molecule has 0 saturated heterocycles. The molecule has 0 aliphatic carbocycles. The topological polar surface area (TPSA) is 62.3 Å². The molecule has 0 fully saturated rings. The third-order valence-electron chi connectivity index (χ3n) is 2.92. The highest BCUT2D eigenvalue weighted by Crippen LogP contribution is 2.27. The lowest BCUT2D eigenvalue weighted by Crippen LogP contribution is -2.01. The first-order valence-corrected chi connectivity index (χ1v) is 6.14. The first-order chi connectivity index (χ1) is 9.15. The van der Waals surface area contributed by atoms with Crippen LogP contribution in [0.4, 0.5) is 0 Å². The maximum Gasteiger partial charge on any atom is 0.222 e. The van der Waals surface area contributed by atoms with E-state index in [1.807, 2.05) is 38.2 Å². The molecule has 1 heterocycles. The normalized spacial score (nSPS) is 10.7. The van der Waals surface area contributed by atoms with Gasteiger partial charge in [-0.2, -0.15) is 5.10 Å². The van der Waals surface area contributed by atoms with Gasteiger partial charge in [0.05, 0.1) is 17.9 Å². The summed E-state index contributed by atoms with van der Waals surface area (Å²) in [7, 11) is 3.52. The zero-order valence-electron chi connectivity index (χ0n) is 11.5. The fourth-order valence-electron chi connectivity index (χ4n) is 2.02. The largest absolute Gasteiger partial charge is 0.439 e. The van der Waals surface area contributed by atoms with E-state index in [9.17, 15) is 0 Å². The second-order valence-corrected chi connectivity index (χ2v) is 4.38. The van der Waals surface area contributed by atoms with Crippen LogP contribution < -0.4 is 10.5 Å². The van der Waals surface area contributed by atoms with Crippen LogP contribution in [0.5, 0.6) is 11.6 Å². The molecule has 2 N–H and O–H groups in total. The molecule has 1 aromatic heterocycles. The van der Waals surface area contributed by atoms with Gasteiger partial charge in [0, 0.05) is 20.7 Å². The number of hydrogen-bond donors (Lipinski definition) is 1. The minimum atomic E-state index is 0.409. The molecule has 0 amide bonds. The van der Waals surface area contributed by atoms with Gasteiger partial charge in [-0.05, 0) is 24.6 Å². The third-order valence-corrected chi connectivity index (χ3v) is 2.92. The summed E-state index contributed by atoms with van der Waals surface area (Å²) >= 11 is 0. The van der Waals surface area contributed by atoms with Gasteiger partial charge in [-0.3, -0.25) is 0 Å². The number of methoxy groups -OCH3 is 1. The monoisotopic (exact) mass is 261 g/mol. The lowest BCUT2D eigenvalue weighted by Gasteiger charge is -2.09. The van der Waals surface area contributed by atoms with E-state index in [-0.39, 0.29) is 0 Å². The van der Waals surface area contributed by atoms with Gasteiger partial charge in [-0.25, -0.2) is 4.68 Å². The van der Waals surface area contributed by atoms with Crippen molar-refractivity contribution in [3.05, 3.63) is 41.1 Å². The highest BCUT2D eigenvalue weighted by atomic mass is 16.5. The van der Waals surface area contributed by atoms with E-state index in [1.165, 1.54) is 0 Å². The van der Waals surface area contributed by atoms with Crippen molar-refractivity contribution >= 4 is 0 Å². The Balaban J connectivity index is 2.28. The molecule has 5 nitrogen and oxygen atoms in total. The van der Waals surface area contributed by atoms with Crippen LogP contribution in [-0.2, 0) is 24.9 Å². The predicted octanol–water partition coefficient (Wildman–Crippen LogP) is 2.13. The van der Waals surface area contributed by atoms with E-state index in [4.69, 9.17) is 15.2 Å². The molecule has 0 spiro atoms. The van der Waals surface area contributed by atoms with E-state index in [2.05, 4.69) is 5.10 Å². The lowest BCUT2D eigenvalue weighted by atomic mass is 10.2. The zero-order valence-corrected chi connectivity index (χ0v) is 11.5. The van der Waals surface area contributed by atoms with Gasteiger partial charge in [0.15, 0.2) is 0 Å². The number of nitrogens with two attached hydrogens (primary N) is 1. The third kappa shape index (κ3) is 2.94. The average molecular weight is 261 g/mol. The number of hydrogen-bond acceptors (Lipinski definition) is 4. The van der Waals surface area contributed by atoms with Crippen LogP contribution >= 0.6 is 0 Å². The highest BCUT2D eigenvalue weighted by Gasteiger charge is 2.14. The summed E-state index contributed by atoms with van der Waals surface area (Å²) in [5.74, 6) is 1.45. The van der Waals surface area contributed by atoms with E-state index in [0.29, 0.717) is 19.0 Å². The van der Waals surface area contributed by atoms with Crippen molar-refractivity contribution in [3.8, 4) is 11.6 Å². The smallest absolute Gasteiger partial charge is 0.222 e. The molecule has 0 saturated carbocycles. The summed E-state index contributed by atoms with van der Waals surface area (Å²) in [6, 6.07) is 7.79. The molecule has 102 valence electrons. The standard InChI is InChI=1S/C14H19N3O2/c1-10-13(8-15)14(17(2)16-10)19-12-6-4-5-11(7-12)9-18-3/h4-7H,8-9,15H2,1-3H3. The molecular formula is C14H19N3O2. The van der Waals surface area contributed by atoms with E-state index in [0.717, 1.165) is 22.6 Å². The zero-order chi connectivity index (χ0) is 13.8. The van der Waals surface area contributed by atoms with Gasteiger partial charge in [-0.15, -0.1) is 0 Å². The molecule has 5 heteroatoms. The van der Waals surface area contributed by atoms with Crippen LogP contribution in [0.15, 0.2) is 24.3 Å². The first kappa shape index (κ1) is 13.6. The Morgan fingerprint density at radius 2 is 2.16 bits per heavy atom. The predicted molar refractivity (Wildman–Crippen MR) is 73.1 cm³/mol. The Bertz CT molecular complexity index is 564. The lowest BCUT2D eigenvalue weighted by molar-refractivity contribution is 0.184. The van der Waals surface area contributed by atoms with Crippen LogP contribution in [0.2, 0.25) is 0 Å². The van der Waals surface area contributed by atoms with Crippen molar-refractivity contribution < 1.29 is 9.47 Å². The van der Waals surface area contributed by atoms with Gasteiger partial charge in [0.2, 0.25) is 5.88 Å². The molecule has 2 rings (SSSR count). The quantitative estimate of drug-likeness (QED) is 0.895. The van der Waals surface area contributed by atoms with Crippen molar-refractivity contribution in [1.29, 1.82) is 0 Å². The summed E-state index contributed by atoms with van der Waals surface area (Å²) in [6.45, 7) is 2.90. The molecular weight excluding hydrogens is 242 g/mol. The molecule has 0 unspecified atom stereocenters. The maximum atomic E-state index is 5.90. The number of rotatable bonds is 5. The van der Waals surface area contributed by atoms with Gasteiger partial charge >= 0.3 is 0 Å². The summed E-state index contributed by atoms with van der Waals surface area (Å²) in [5.41, 5.74) is 8.63. The number of aryl methyl sites for hydroxylation is 2.